The molecule has 82 valence electrons. The van der Waals surface area contributed by atoms with Crippen LogP contribution < -0.4 is 16.6 Å². The van der Waals surface area contributed by atoms with Crippen molar-refractivity contribution in [3.63, 3.8) is 0 Å². The van der Waals surface area contributed by atoms with Crippen molar-refractivity contribution in [1.82, 2.24) is 25.1 Å². The van der Waals surface area contributed by atoms with Crippen LogP contribution in [0.4, 0.5) is 5.82 Å². The first-order valence-electron chi connectivity index (χ1n) is 4.43. The van der Waals surface area contributed by atoms with E-state index in [1.54, 1.807) is 12.3 Å². The van der Waals surface area contributed by atoms with E-state index in [2.05, 4.69) is 30.5 Å². The van der Waals surface area contributed by atoms with Crippen molar-refractivity contribution in [2.45, 2.75) is 6.54 Å². The Morgan fingerprint density at radius 2 is 2.25 bits per heavy atom. The molecule has 0 atom stereocenters. The Balaban J connectivity index is 2.11. The summed E-state index contributed by atoms with van der Waals surface area (Å²) in [5, 5.41) is 8.42. The lowest BCUT2D eigenvalue weighted by atomic mass is 10.4. The molecular formula is C8H8N6O2. The molecule has 3 N–H and O–H groups in total. The molecule has 0 saturated heterocycles. The third kappa shape index (κ3) is 2.29. The van der Waals surface area contributed by atoms with Crippen LogP contribution in [0.5, 0.6) is 0 Å². The summed E-state index contributed by atoms with van der Waals surface area (Å²) in [5.41, 5.74) is -0.502. The molecule has 0 amide bonds. The molecule has 0 aliphatic carbocycles. The van der Waals surface area contributed by atoms with Crippen molar-refractivity contribution in [2.24, 2.45) is 0 Å². The van der Waals surface area contributed by atoms with Gasteiger partial charge >= 0.3 is 5.69 Å². The van der Waals surface area contributed by atoms with Gasteiger partial charge in [-0.05, 0) is 6.07 Å². The van der Waals surface area contributed by atoms with E-state index in [0.29, 0.717) is 12.2 Å². The molecule has 0 aliphatic rings. The molecule has 2 aromatic rings. The van der Waals surface area contributed by atoms with Gasteiger partial charge in [-0.2, -0.15) is 0 Å². The standard InChI is InChI=1S/C8H8N6O2/c15-7-6(13-14-8(16)12-7)10-3-5-1-2-9-4-11-5/h1-2,4H,3H2,(H,10,13)(H2,12,14,15,16). The molecule has 2 rings (SSSR count). The van der Waals surface area contributed by atoms with Crippen molar-refractivity contribution >= 4 is 5.82 Å². The van der Waals surface area contributed by atoms with Crippen LogP contribution in [0.1, 0.15) is 5.69 Å². The Morgan fingerprint density at radius 1 is 1.38 bits per heavy atom. The highest BCUT2D eigenvalue weighted by Gasteiger charge is 2.01. The maximum absolute atomic E-state index is 11.2. The van der Waals surface area contributed by atoms with E-state index in [1.807, 2.05) is 0 Å². The summed E-state index contributed by atoms with van der Waals surface area (Å²) in [6.45, 7) is 0.324. The number of H-pyrrole nitrogens is 2. The predicted octanol–water partition coefficient (Wildman–Crippen LogP) is -1.14. The highest BCUT2D eigenvalue weighted by Crippen LogP contribution is 1.94. The Morgan fingerprint density at radius 3 is 2.94 bits per heavy atom. The summed E-state index contributed by atoms with van der Waals surface area (Å²) in [7, 11) is 0. The van der Waals surface area contributed by atoms with Gasteiger partial charge in [0.05, 0.1) is 12.2 Å². The van der Waals surface area contributed by atoms with E-state index in [1.165, 1.54) is 6.33 Å². The van der Waals surface area contributed by atoms with Gasteiger partial charge < -0.3 is 5.32 Å². The van der Waals surface area contributed by atoms with Crippen LogP contribution in [-0.4, -0.2) is 25.1 Å². The number of nitrogens with zero attached hydrogens (tertiary/aromatic N) is 3. The van der Waals surface area contributed by atoms with E-state index in [0.717, 1.165) is 0 Å². The molecule has 16 heavy (non-hydrogen) atoms. The largest absolute Gasteiger partial charge is 0.358 e. The molecule has 0 spiro atoms. The van der Waals surface area contributed by atoms with Gasteiger partial charge in [0, 0.05) is 6.20 Å². The Kier molecular flexibility index (Phi) is 2.72. The number of rotatable bonds is 3. The average molecular weight is 220 g/mol. The molecule has 8 nitrogen and oxygen atoms in total. The van der Waals surface area contributed by atoms with Crippen LogP contribution in [-0.2, 0) is 6.54 Å². The number of nitrogens with one attached hydrogen (secondary N) is 3. The molecule has 0 bridgehead atoms. The summed E-state index contributed by atoms with van der Waals surface area (Å²) in [5.74, 6) is 0.0400. The lowest BCUT2D eigenvalue weighted by Gasteiger charge is -2.01. The second kappa shape index (κ2) is 4.34. The van der Waals surface area contributed by atoms with Crippen LogP contribution >= 0.6 is 0 Å². The zero-order chi connectivity index (χ0) is 11.4. The van der Waals surface area contributed by atoms with Crippen LogP contribution in [0.2, 0.25) is 0 Å². The van der Waals surface area contributed by atoms with Crippen molar-refractivity contribution in [1.29, 1.82) is 0 Å². The number of anilines is 1. The fourth-order valence-electron chi connectivity index (χ4n) is 1.06. The van der Waals surface area contributed by atoms with Gasteiger partial charge in [0.2, 0.25) is 5.82 Å². The van der Waals surface area contributed by atoms with Crippen LogP contribution in [0, 0.1) is 0 Å². The predicted molar refractivity (Wildman–Crippen MR) is 54.8 cm³/mol. The first-order valence-corrected chi connectivity index (χ1v) is 4.43. The monoisotopic (exact) mass is 220 g/mol. The number of aromatic amines is 2. The maximum atomic E-state index is 11.2. The van der Waals surface area contributed by atoms with Crippen molar-refractivity contribution in [2.75, 3.05) is 5.32 Å². The zero-order valence-electron chi connectivity index (χ0n) is 8.10. The molecule has 0 unspecified atom stereocenters. The Labute approximate surface area is 88.8 Å². The van der Waals surface area contributed by atoms with E-state index in [9.17, 15) is 9.59 Å². The molecule has 0 aliphatic heterocycles. The summed E-state index contributed by atoms with van der Waals surface area (Å²) in [4.78, 5) is 31.7. The Hall–Kier alpha value is -2.51. The van der Waals surface area contributed by atoms with E-state index >= 15 is 0 Å². The van der Waals surface area contributed by atoms with Gasteiger partial charge in [-0.3, -0.25) is 9.78 Å². The normalized spacial score (nSPS) is 10.0. The first-order chi connectivity index (χ1) is 7.75. The van der Waals surface area contributed by atoms with E-state index in [4.69, 9.17) is 0 Å². The maximum Gasteiger partial charge on any atom is 0.342 e. The van der Waals surface area contributed by atoms with Gasteiger partial charge in [-0.15, -0.1) is 5.10 Å². The topological polar surface area (TPSA) is 116 Å². The van der Waals surface area contributed by atoms with Crippen LogP contribution in [0.15, 0.2) is 28.2 Å². The quantitative estimate of drug-likeness (QED) is 0.602. The molecule has 0 saturated carbocycles. The Bertz CT molecular complexity index is 575. The van der Waals surface area contributed by atoms with E-state index in [-0.39, 0.29) is 5.82 Å². The highest BCUT2D eigenvalue weighted by molar-refractivity contribution is 5.29. The van der Waals surface area contributed by atoms with Crippen molar-refractivity contribution in [3.05, 3.63) is 45.1 Å². The smallest absolute Gasteiger partial charge is 0.342 e. The first kappa shape index (κ1) is 10.0. The molecular weight excluding hydrogens is 212 g/mol. The second-order valence-corrected chi connectivity index (χ2v) is 2.91. The molecule has 8 heteroatoms. The lowest BCUT2D eigenvalue weighted by molar-refractivity contribution is 0.876. The van der Waals surface area contributed by atoms with Crippen LogP contribution in [0.25, 0.3) is 0 Å². The average Bonchev–Trinajstić information content (AvgIpc) is 2.29. The molecule has 0 radical (unpaired) electrons. The lowest BCUT2D eigenvalue weighted by Crippen LogP contribution is -2.26. The van der Waals surface area contributed by atoms with Gasteiger partial charge in [-0.1, -0.05) is 0 Å². The summed E-state index contributed by atoms with van der Waals surface area (Å²) >= 11 is 0. The summed E-state index contributed by atoms with van der Waals surface area (Å²) < 4.78 is 0. The SMILES string of the molecule is O=c1[nH]nc(NCc2ccncn2)c(=O)[nH]1. The molecule has 0 fully saturated rings. The molecule has 2 heterocycles. The number of aromatic nitrogens is 5. The van der Waals surface area contributed by atoms with Gasteiger partial charge in [-0.25, -0.2) is 19.9 Å². The summed E-state index contributed by atoms with van der Waals surface area (Å²) in [6.07, 6.45) is 3.00. The highest BCUT2D eigenvalue weighted by atomic mass is 16.2. The van der Waals surface area contributed by atoms with Crippen LogP contribution in [0.3, 0.4) is 0 Å². The minimum Gasteiger partial charge on any atom is -0.358 e. The second-order valence-electron chi connectivity index (χ2n) is 2.91. The van der Waals surface area contributed by atoms with Gasteiger partial charge in [0.25, 0.3) is 5.56 Å². The van der Waals surface area contributed by atoms with E-state index < -0.39 is 11.2 Å². The van der Waals surface area contributed by atoms with Crippen molar-refractivity contribution < 1.29 is 0 Å². The summed E-state index contributed by atoms with van der Waals surface area (Å²) in [6, 6.07) is 1.70. The number of hydrogen-bond acceptors (Lipinski definition) is 6. The third-order valence-electron chi connectivity index (χ3n) is 1.79. The third-order valence-corrected chi connectivity index (χ3v) is 1.79. The fraction of sp³-hybridized carbons (Fsp3) is 0.125. The minimum atomic E-state index is -0.641. The zero-order valence-corrected chi connectivity index (χ0v) is 8.10. The fourth-order valence-corrected chi connectivity index (χ4v) is 1.06. The molecule has 2 aromatic heterocycles. The number of hydrogen-bond donors (Lipinski definition) is 3. The molecule has 0 aromatic carbocycles. The minimum absolute atomic E-state index is 0.0400. The van der Waals surface area contributed by atoms with Gasteiger partial charge in [0.1, 0.15) is 6.33 Å². The van der Waals surface area contributed by atoms with Crippen molar-refractivity contribution in [3.8, 4) is 0 Å². The van der Waals surface area contributed by atoms with Gasteiger partial charge in [0.15, 0.2) is 0 Å².